The van der Waals surface area contributed by atoms with Crippen LogP contribution in [0.2, 0.25) is 0 Å². The number of rotatable bonds is 2. The standard InChI is InChI=1S/C26H24N2/c1-17-15-24(28-25(27-17)18-9-5-4-6-10-18)19-13-14-21-20-11-7-8-12-22(20)26(2,3)23(21)16-19/h5,7-16H,4,6H2,1-3H3. The fourth-order valence-electron chi connectivity index (χ4n) is 4.49. The number of aromatic nitrogens is 2. The molecule has 0 saturated heterocycles. The molecule has 0 bridgehead atoms. The summed E-state index contributed by atoms with van der Waals surface area (Å²) >= 11 is 0. The second-order valence-corrected chi connectivity index (χ2v) is 8.29. The maximum Gasteiger partial charge on any atom is 0.159 e. The van der Waals surface area contributed by atoms with Crippen LogP contribution in [0, 0.1) is 6.92 Å². The highest BCUT2D eigenvalue weighted by molar-refractivity contribution is 5.83. The van der Waals surface area contributed by atoms with Crippen molar-refractivity contribution >= 4 is 5.57 Å². The van der Waals surface area contributed by atoms with Crippen LogP contribution in [0.5, 0.6) is 0 Å². The molecule has 2 heteroatoms. The summed E-state index contributed by atoms with van der Waals surface area (Å²) in [6.07, 6.45) is 8.74. The Bertz CT molecular complexity index is 1150. The van der Waals surface area contributed by atoms with Gasteiger partial charge in [0.05, 0.1) is 5.69 Å². The van der Waals surface area contributed by atoms with Crippen molar-refractivity contribution in [3.05, 3.63) is 89.4 Å². The van der Waals surface area contributed by atoms with Crippen molar-refractivity contribution in [2.75, 3.05) is 0 Å². The van der Waals surface area contributed by atoms with E-state index in [1.165, 1.54) is 22.3 Å². The first-order valence-corrected chi connectivity index (χ1v) is 10.0. The Balaban J connectivity index is 1.63. The topological polar surface area (TPSA) is 25.8 Å². The van der Waals surface area contributed by atoms with Crippen molar-refractivity contribution in [3.63, 3.8) is 0 Å². The van der Waals surface area contributed by atoms with Gasteiger partial charge < -0.3 is 0 Å². The number of nitrogens with zero attached hydrogens (tertiary/aromatic N) is 2. The Labute approximate surface area is 166 Å². The summed E-state index contributed by atoms with van der Waals surface area (Å²) in [4.78, 5) is 9.61. The molecule has 0 spiro atoms. The number of benzene rings is 2. The fourth-order valence-corrected chi connectivity index (χ4v) is 4.49. The zero-order valence-corrected chi connectivity index (χ0v) is 16.7. The largest absolute Gasteiger partial charge is 0.233 e. The minimum absolute atomic E-state index is 0.00147. The maximum atomic E-state index is 4.92. The van der Waals surface area contributed by atoms with Crippen LogP contribution in [0.3, 0.4) is 0 Å². The van der Waals surface area contributed by atoms with Crippen LogP contribution < -0.4 is 0 Å². The van der Waals surface area contributed by atoms with E-state index < -0.39 is 0 Å². The first kappa shape index (κ1) is 17.1. The van der Waals surface area contributed by atoms with Gasteiger partial charge >= 0.3 is 0 Å². The molecule has 2 aliphatic rings. The number of allylic oxidation sites excluding steroid dienone is 4. The molecule has 0 amide bonds. The molecule has 0 saturated carbocycles. The van der Waals surface area contributed by atoms with E-state index in [1.807, 2.05) is 0 Å². The Hall–Kier alpha value is -3.00. The van der Waals surface area contributed by atoms with Crippen LogP contribution in [0.1, 0.15) is 49.3 Å². The maximum absolute atomic E-state index is 4.92. The summed E-state index contributed by atoms with van der Waals surface area (Å²) in [5, 5.41) is 0. The van der Waals surface area contributed by atoms with Crippen LogP contribution in [-0.4, -0.2) is 9.97 Å². The van der Waals surface area contributed by atoms with Gasteiger partial charge in [-0.1, -0.05) is 68.5 Å². The van der Waals surface area contributed by atoms with Gasteiger partial charge in [0.25, 0.3) is 0 Å². The summed E-state index contributed by atoms with van der Waals surface area (Å²) < 4.78 is 0. The van der Waals surface area contributed by atoms with Gasteiger partial charge in [0.1, 0.15) is 0 Å². The average Bonchev–Trinajstić information content (AvgIpc) is 2.95. The molecule has 0 N–H and O–H groups in total. The molecule has 2 nitrogen and oxygen atoms in total. The predicted molar refractivity (Wildman–Crippen MR) is 116 cm³/mol. The Morgan fingerprint density at radius 2 is 1.68 bits per heavy atom. The number of aryl methyl sites for hydroxylation is 1. The van der Waals surface area contributed by atoms with E-state index >= 15 is 0 Å². The van der Waals surface area contributed by atoms with Crippen molar-refractivity contribution in [2.45, 2.75) is 39.0 Å². The third-order valence-corrected chi connectivity index (χ3v) is 5.99. The van der Waals surface area contributed by atoms with Crippen molar-refractivity contribution in [2.24, 2.45) is 0 Å². The Kier molecular flexibility index (Phi) is 3.83. The normalized spacial score (nSPS) is 16.5. The Morgan fingerprint density at radius 3 is 2.50 bits per heavy atom. The van der Waals surface area contributed by atoms with Crippen molar-refractivity contribution in [1.82, 2.24) is 9.97 Å². The summed E-state index contributed by atoms with van der Waals surface area (Å²) in [7, 11) is 0. The monoisotopic (exact) mass is 364 g/mol. The molecule has 3 aromatic rings. The summed E-state index contributed by atoms with van der Waals surface area (Å²) in [6, 6.07) is 17.6. The van der Waals surface area contributed by atoms with Gasteiger partial charge in [0.2, 0.25) is 0 Å². The molecule has 1 aromatic heterocycles. The first-order valence-electron chi connectivity index (χ1n) is 10.0. The second kappa shape index (κ2) is 6.27. The quantitative estimate of drug-likeness (QED) is 0.519. The minimum Gasteiger partial charge on any atom is -0.233 e. The first-order chi connectivity index (χ1) is 13.5. The van der Waals surface area contributed by atoms with E-state index in [4.69, 9.17) is 4.98 Å². The van der Waals surface area contributed by atoms with E-state index in [1.54, 1.807) is 0 Å². The predicted octanol–water partition coefficient (Wildman–Crippen LogP) is 6.49. The van der Waals surface area contributed by atoms with Crippen molar-refractivity contribution < 1.29 is 0 Å². The Morgan fingerprint density at radius 1 is 0.857 bits per heavy atom. The molecule has 0 aliphatic heterocycles. The minimum atomic E-state index is 0.00147. The van der Waals surface area contributed by atoms with E-state index in [-0.39, 0.29) is 5.41 Å². The molecule has 0 radical (unpaired) electrons. The van der Waals surface area contributed by atoms with Gasteiger partial charge in [-0.25, -0.2) is 9.97 Å². The highest BCUT2D eigenvalue weighted by Crippen LogP contribution is 2.49. The SMILES string of the molecule is Cc1cc(-c2ccc3c(c2)C(C)(C)c2ccccc2-3)nc(C2=CCCC=C2)n1. The third-order valence-electron chi connectivity index (χ3n) is 5.99. The van der Waals surface area contributed by atoms with Gasteiger partial charge in [-0.3, -0.25) is 0 Å². The van der Waals surface area contributed by atoms with Crippen LogP contribution >= 0.6 is 0 Å². The average molecular weight is 364 g/mol. The number of hydrogen-bond donors (Lipinski definition) is 0. The molecule has 0 unspecified atom stereocenters. The van der Waals surface area contributed by atoms with Gasteiger partial charge in [-0.05, 0) is 54.2 Å². The van der Waals surface area contributed by atoms with Gasteiger partial charge in [-0.2, -0.15) is 0 Å². The molecule has 0 fully saturated rings. The molecule has 28 heavy (non-hydrogen) atoms. The lowest BCUT2D eigenvalue weighted by molar-refractivity contribution is 0.660. The van der Waals surface area contributed by atoms with E-state index in [0.29, 0.717) is 0 Å². The summed E-state index contributed by atoms with van der Waals surface area (Å²) in [5.74, 6) is 0.828. The zero-order chi connectivity index (χ0) is 19.3. The van der Waals surface area contributed by atoms with Gasteiger partial charge in [0.15, 0.2) is 5.82 Å². The van der Waals surface area contributed by atoms with Gasteiger partial charge in [0, 0.05) is 22.2 Å². The van der Waals surface area contributed by atoms with Gasteiger partial charge in [-0.15, -0.1) is 0 Å². The lowest BCUT2D eigenvalue weighted by atomic mass is 9.82. The molecule has 5 rings (SSSR count). The van der Waals surface area contributed by atoms with Crippen LogP contribution in [0.25, 0.3) is 28.0 Å². The smallest absolute Gasteiger partial charge is 0.159 e. The summed E-state index contributed by atoms with van der Waals surface area (Å²) in [5.41, 5.74) is 9.76. The van der Waals surface area contributed by atoms with Crippen molar-refractivity contribution in [1.29, 1.82) is 0 Å². The number of fused-ring (bicyclic) bond motifs is 3. The van der Waals surface area contributed by atoms with Crippen molar-refractivity contribution in [3.8, 4) is 22.4 Å². The third kappa shape index (κ3) is 2.63. The van der Waals surface area contributed by atoms with E-state index in [9.17, 15) is 0 Å². The van der Waals surface area contributed by atoms with Crippen LogP contribution in [0.15, 0.2) is 66.8 Å². The molecule has 138 valence electrons. The lowest BCUT2D eigenvalue weighted by Gasteiger charge is -2.22. The van der Waals surface area contributed by atoms with Crippen LogP contribution in [0.4, 0.5) is 0 Å². The molecule has 2 aliphatic carbocycles. The zero-order valence-electron chi connectivity index (χ0n) is 16.7. The fraction of sp³-hybridized carbons (Fsp3) is 0.231. The van der Waals surface area contributed by atoms with E-state index in [0.717, 1.165) is 41.2 Å². The highest BCUT2D eigenvalue weighted by atomic mass is 14.9. The molecular formula is C26H24N2. The second-order valence-electron chi connectivity index (χ2n) is 8.29. The highest BCUT2D eigenvalue weighted by Gasteiger charge is 2.35. The van der Waals surface area contributed by atoms with E-state index in [2.05, 4.69) is 92.5 Å². The summed E-state index contributed by atoms with van der Waals surface area (Å²) in [6.45, 7) is 6.68. The molecule has 2 aromatic carbocycles. The van der Waals surface area contributed by atoms with Crippen LogP contribution in [-0.2, 0) is 5.41 Å². The molecule has 1 heterocycles. The molecular weight excluding hydrogens is 340 g/mol. The lowest BCUT2D eigenvalue weighted by Crippen LogP contribution is -2.15. The molecule has 0 atom stereocenters. The number of hydrogen-bond acceptors (Lipinski definition) is 2.